The molecule has 0 atom stereocenters. The van der Waals surface area contributed by atoms with Crippen LogP contribution in [0.5, 0.6) is 11.5 Å². The third-order valence-corrected chi connectivity index (χ3v) is 4.97. The zero-order valence-corrected chi connectivity index (χ0v) is 18.3. The summed E-state index contributed by atoms with van der Waals surface area (Å²) in [6.07, 6.45) is 3.41. The molecule has 3 rings (SSSR count). The maximum atomic E-state index is 13.1. The fraction of sp³-hybridized carbons (Fsp3) is 0.364. The first kappa shape index (κ1) is 24.4. The molecule has 2 amide bonds. The van der Waals surface area contributed by atoms with E-state index in [1.54, 1.807) is 12.1 Å². The van der Waals surface area contributed by atoms with Crippen LogP contribution in [0.4, 0.5) is 15.8 Å². The topological polar surface area (TPSA) is 79.9 Å². The summed E-state index contributed by atoms with van der Waals surface area (Å²) in [7, 11) is 2.95. The number of benzene rings is 2. The highest BCUT2D eigenvalue weighted by Crippen LogP contribution is 2.36. The third-order valence-electron chi connectivity index (χ3n) is 4.97. The van der Waals surface area contributed by atoms with Crippen molar-refractivity contribution in [3.8, 4) is 11.5 Å². The highest BCUT2D eigenvalue weighted by molar-refractivity contribution is 6.05. The van der Waals surface area contributed by atoms with Crippen molar-refractivity contribution >= 4 is 23.2 Å². The molecule has 0 aliphatic carbocycles. The third kappa shape index (κ3) is 6.57. The minimum atomic E-state index is -0.421. The van der Waals surface area contributed by atoms with Crippen LogP contribution in [-0.2, 0) is 4.79 Å². The predicted octanol–water partition coefficient (Wildman–Crippen LogP) is 0.524. The lowest BCUT2D eigenvalue weighted by Crippen LogP contribution is -3.00. The molecular weight excluding hydrogens is 425 g/mol. The van der Waals surface area contributed by atoms with Crippen LogP contribution in [0.25, 0.3) is 0 Å². The molecule has 0 spiro atoms. The average molecular weight is 451 g/mol. The molecule has 0 radical (unpaired) electrons. The minimum Gasteiger partial charge on any atom is -1.00 e. The van der Waals surface area contributed by atoms with Crippen molar-refractivity contribution in [2.75, 3.05) is 44.5 Å². The van der Waals surface area contributed by atoms with E-state index in [0.29, 0.717) is 35.0 Å². The Balaban J connectivity index is 0.00000341. The summed E-state index contributed by atoms with van der Waals surface area (Å²) >= 11 is 0. The van der Waals surface area contributed by atoms with Gasteiger partial charge in [0.05, 0.1) is 32.1 Å². The lowest BCUT2D eigenvalue weighted by Gasteiger charge is -2.25. The number of likely N-dealkylation sites (tertiary alicyclic amines) is 1. The highest BCUT2D eigenvalue weighted by atomic mass is 35.5. The Hall–Kier alpha value is -2.84. The molecule has 168 valence electrons. The van der Waals surface area contributed by atoms with E-state index in [-0.39, 0.29) is 18.3 Å². The zero-order valence-electron chi connectivity index (χ0n) is 17.5. The highest BCUT2D eigenvalue weighted by Gasteiger charge is 2.18. The Labute approximate surface area is 187 Å². The van der Waals surface area contributed by atoms with Gasteiger partial charge in [0.25, 0.3) is 5.91 Å². The molecule has 1 fully saturated rings. The van der Waals surface area contributed by atoms with E-state index in [4.69, 9.17) is 9.47 Å². The normalized spacial score (nSPS) is 13.6. The number of halogens is 2. The maximum Gasteiger partial charge on any atom is 0.255 e. The van der Waals surface area contributed by atoms with E-state index < -0.39 is 11.7 Å². The van der Waals surface area contributed by atoms with Gasteiger partial charge in [-0.25, -0.2) is 4.39 Å². The van der Waals surface area contributed by atoms with Crippen molar-refractivity contribution < 1.29 is 35.9 Å². The van der Waals surface area contributed by atoms with Crippen molar-refractivity contribution in [1.82, 2.24) is 4.90 Å². The van der Waals surface area contributed by atoms with Crippen LogP contribution in [0.3, 0.4) is 0 Å². The van der Waals surface area contributed by atoms with Gasteiger partial charge in [-0.1, -0.05) is 6.42 Å². The first-order valence-corrected chi connectivity index (χ1v) is 9.85. The Morgan fingerprint density at radius 3 is 2.03 bits per heavy atom. The summed E-state index contributed by atoms with van der Waals surface area (Å²) in [5.41, 5.74) is 1.13. The molecule has 7 nitrogen and oxygen atoms in total. The van der Waals surface area contributed by atoms with Crippen LogP contribution < -0.4 is 32.5 Å². The Bertz CT molecular complexity index is 902. The number of nitrogens with zero attached hydrogens (tertiary/aromatic N) is 1. The molecule has 1 saturated heterocycles. The van der Waals surface area contributed by atoms with E-state index in [1.807, 2.05) is 0 Å². The number of methoxy groups -OCH3 is 2. The summed E-state index contributed by atoms with van der Waals surface area (Å²) in [5.74, 6) is -0.232. The van der Waals surface area contributed by atoms with Gasteiger partial charge in [0, 0.05) is 17.7 Å². The molecule has 0 saturated carbocycles. The number of amides is 2. The summed E-state index contributed by atoms with van der Waals surface area (Å²) in [5, 5.41) is 5.59. The number of anilines is 2. The summed E-state index contributed by atoms with van der Waals surface area (Å²) in [6, 6.07) is 8.40. The van der Waals surface area contributed by atoms with Crippen molar-refractivity contribution in [2.45, 2.75) is 19.3 Å². The number of ether oxygens (including phenoxy) is 2. The number of nitrogens with one attached hydrogen (secondary N) is 2. The van der Waals surface area contributed by atoms with Gasteiger partial charge in [-0.3, -0.25) is 14.5 Å². The molecule has 2 aromatic rings. The van der Waals surface area contributed by atoms with E-state index >= 15 is 0 Å². The number of carbonyl (C=O) groups is 2. The van der Waals surface area contributed by atoms with Crippen LogP contribution >= 0.6 is 0 Å². The smallest absolute Gasteiger partial charge is 0.255 e. The second-order valence-corrected chi connectivity index (χ2v) is 7.10. The molecule has 1 aliphatic heterocycles. The van der Waals surface area contributed by atoms with Gasteiger partial charge in [-0.15, -0.1) is 0 Å². The van der Waals surface area contributed by atoms with Gasteiger partial charge in [-0.05, 0) is 50.2 Å². The van der Waals surface area contributed by atoms with Crippen LogP contribution in [0.15, 0.2) is 36.4 Å². The second-order valence-electron chi connectivity index (χ2n) is 7.10. The van der Waals surface area contributed by atoms with Crippen molar-refractivity contribution in [3.63, 3.8) is 0 Å². The summed E-state index contributed by atoms with van der Waals surface area (Å²) in [6.45, 7) is 2.15. The van der Waals surface area contributed by atoms with E-state index in [2.05, 4.69) is 15.5 Å². The number of piperidine rings is 1. The first-order chi connectivity index (χ1) is 14.5. The molecule has 1 heterocycles. The van der Waals surface area contributed by atoms with Gasteiger partial charge in [-0.2, -0.15) is 0 Å². The predicted molar refractivity (Wildman–Crippen MR) is 113 cm³/mol. The fourth-order valence-electron chi connectivity index (χ4n) is 3.40. The van der Waals surface area contributed by atoms with Gasteiger partial charge < -0.3 is 32.5 Å². The molecule has 1 aliphatic rings. The van der Waals surface area contributed by atoms with Crippen molar-refractivity contribution in [2.24, 2.45) is 0 Å². The van der Waals surface area contributed by atoms with Gasteiger partial charge in [0.2, 0.25) is 5.91 Å². The second kappa shape index (κ2) is 11.5. The van der Waals surface area contributed by atoms with Crippen LogP contribution in [-0.4, -0.2) is 50.6 Å². The SMILES string of the molecule is COc1cc(NC(=O)c2ccc(F)cc2)c(OC)cc1NC(=O)CN1CCCCC1.[Cl-]. The van der Waals surface area contributed by atoms with Gasteiger partial charge >= 0.3 is 0 Å². The largest absolute Gasteiger partial charge is 1.00 e. The summed E-state index contributed by atoms with van der Waals surface area (Å²) in [4.78, 5) is 27.1. The standard InChI is InChI=1S/C22H26FN3O4.ClH/c1-29-19-13-18(25-22(28)15-6-8-16(23)9-7-15)20(30-2)12-17(19)24-21(27)14-26-10-4-3-5-11-26;/h6-9,12-13H,3-5,10-11,14H2,1-2H3,(H,24,27)(H,25,28);1H/p-1. The van der Waals surface area contributed by atoms with Crippen molar-refractivity contribution in [1.29, 1.82) is 0 Å². The molecule has 9 heteroatoms. The molecular formula is C22H26ClFN3O4-. The monoisotopic (exact) mass is 450 g/mol. The van der Waals surface area contributed by atoms with Crippen LogP contribution in [0.2, 0.25) is 0 Å². The molecule has 0 unspecified atom stereocenters. The van der Waals surface area contributed by atoms with Gasteiger partial charge in [0.15, 0.2) is 0 Å². The fourth-order valence-corrected chi connectivity index (χ4v) is 3.40. The summed E-state index contributed by atoms with van der Waals surface area (Å²) < 4.78 is 23.9. The van der Waals surface area contributed by atoms with E-state index in [0.717, 1.165) is 25.9 Å². The van der Waals surface area contributed by atoms with E-state index in [1.165, 1.54) is 44.9 Å². The van der Waals surface area contributed by atoms with Crippen molar-refractivity contribution in [3.05, 3.63) is 47.8 Å². The Kier molecular flexibility index (Phi) is 9.08. The lowest BCUT2D eigenvalue weighted by atomic mass is 10.1. The van der Waals surface area contributed by atoms with E-state index in [9.17, 15) is 14.0 Å². The molecule has 0 aromatic heterocycles. The first-order valence-electron chi connectivity index (χ1n) is 9.85. The molecule has 2 aromatic carbocycles. The molecule has 0 bridgehead atoms. The Morgan fingerprint density at radius 1 is 0.935 bits per heavy atom. The van der Waals surface area contributed by atoms with Crippen LogP contribution in [0.1, 0.15) is 29.6 Å². The van der Waals surface area contributed by atoms with Gasteiger partial charge in [0.1, 0.15) is 17.3 Å². The number of hydrogen-bond acceptors (Lipinski definition) is 5. The molecule has 2 N–H and O–H groups in total. The number of hydrogen-bond donors (Lipinski definition) is 2. The maximum absolute atomic E-state index is 13.1. The quantitative estimate of drug-likeness (QED) is 0.643. The lowest BCUT2D eigenvalue weighted by molar-refractivity contribution is -0.117. The number of rotatable bonds is 7. The average Bonchev–Trinajstić information content (AvgIpc) is 2.75. The zero-order chi connectivity index (χ0) is 21.5. The molecule has 31 heavy (non-hydrogen) atoms. The Morgan fingerprint density at radius 2 is 1.48 bits per heavy atom. The number of carbonyl (C=O) groups excluding carboxylic acids is 2. The van der Waals surface area contributed by atoms with Crippen LogP contribution in [0, 0.1) is 5.82 Å². The minimum absolute atomic E-state index is 0.